The lowest BCUT2D eigenvalue weighted by Gasteiger charge is -2.04. The summed E-state index contributed by atoms with van der Waals surface area (Å²) in [6.45, 7) is 4.61. The molecule has 0 atom stereocenters. The van der Waals surface area contributed by atoms with Crippen molar-refractivity contribution in [2.45, 2.75) is 258 Å². The van der Waals surface area contributed by atoms with Crippen LogP contribution in [0, 0.1) is 0 Å². The molecule has 4 N–H and O–H groups in total. The number of nitrogen functional groups attached to an aromatic ring is 2. The van der Waals surface area contributed by atoms with Crippen LogP contribution in [0.25, 0.3) is 19.5 Å². The van der Waals surface area contributed by atoms with E-state index in [1.807, 2.05) is 22.7 Å². The summed E-state index contributed by atoms with van der Waals surface area (Å²) < 4.78 is 0. The average molecular weight is 840 g/mol. The van der Waals surface area contributed by atoms with Crippen molar-refractivity contribution in [3.63, 3.8) is 0 Å². The molecule has 0 aliphatic rings. The lowest BCUT2D eigenvalue weighted by Crippen LogP contribution is -1.92. The highest BCUT2D eigenvalue weighted by atomic mass is 32.1. The molecule has 0 spiro atoms. The summed E-state index contributed by atoms with van der Waals surface area (Å²) in [6, 6.07) is 4.75. The first-order valence-corrected chi connectivity index (χ1v) is 27.5. The monoisotopic (exact) mass is 839 g/mol. The normalized spacial score (nSPS) is 11.7. The zero-order valence-electron chi connectivity index (χ0n) is 37.6. The number of unbranched alkanes of at least 4 members (excludes halogenated alkanes) is 34. The number of hydrogen-bond acceptors (Lipinski definition) is 5. The van der Waals surface area contributed by atoms with E-state index in [4.69, 9.17) is 11.5 Å². The molecular formula is C52H90N2S3. The Morgan fingerprint density at radius 1 is 0.333 bits per heavy atom. The molecule has 0 aliphatic heterocycles. The second-order valence-electron chi connectivity index (χ2n) is 17.7. The number of rotatable bonds is 40. The quantitative estimate of drug-likeness (QED) is 0.0561. The van der Waals surface area contributed by atoms with Crippen molar-refractivity contribution in [3.05, 3.63) is 34.0 Å². The van der Waals surface area contributed by atoms with Crippen molar-refractivity contribution >= 4 is 45.4 Å². The zero-order chi connectivity index (χ0) is 40.4. The number of hydrogen-bond donors (Lipinski definition) is 2. The van der Waals surface area contributed by atoms with Crippen LogP contribution in [0.4, 0.5) is 11.4 Å². The fraction of sp³-hybridized carbons (Fsp3) is 0.769. The van der Waals surface area contributed by atoms with Gasteiger partial charge < -0.3 is 11.5 Å². The van der Waals surface area contributed by atoms with E-state index in [1.165, 1.54) is 265 Å². The van der Waals surface area contributed by atoms with Crippen LogP contribution < -0.4 is 11.5 Å². The third-order valence-corrected chi connectivity index (χ3v) is 15.9. The van der Waals surface area contributed by atoms with Gasteiger partial charge in [0.05, 0.1) is 21.1 Å². The molecule has 0 saturated heterocycles. The molecule has 0 unspecified atom stereocenters. The smallest absolute Gasteiger partial charge is 0.0752 e. The van der Waals surface area contributed by atoms with Crippen LogP contribution in [0.5, 0.6) is 0 Å². The zero-order valence-corrected chi connectivity index (χ0v) is 40.0. The highest BCUT2D eigenvalue weighted by molar-refractivity contribution is 7.27. The van der Waals surface area contributed by atoms with Gasteiger partial charge >= 0.3 is 0 Å². The van der Waals surface area contributed by atoms with E-state index in [1.54, 1.807) is 11.3 Å². The molecule has 0 radical (unpaired) electrons. The van der Waals surface area contributed by atoms with Crippen molar-refractivity contribution < 1.29 is 0 Å². The van der Waals surface area contributed by atoms with E-state index in [0.717, 1.165) is 21.1 Å². The molecule has 0 fully saturated rings. The summed E-state index contributed by atoms with van der Waals surface area (Å²) >= 11 is 5.46. The minimum atomic E-state index is 0.773. The van der Waals surface area contributed by atoms with Gasteiger partial charge in [0.2, 0.25) is 0 Å². The molecule has 326 valence electrons. The van der Waals surface area contributed by atoms with Gasteiger partial charge in [0.25, 0.3) is 0 Å². The Labute approximate surface area is 366 Å². The predicted molar refractivity (Wildman–Crippen MR) is 265 cm³/mol. The Morgan fingerprint density at radius 2 is 0.561 bits per heavy atom. The lowest BCUT2D eigenvalue weighted by atomic mass is 10.0. The Bertz CT molecular complexity index is 1240. The summed E-state index contributed by atoms with van der Waals surface area (Å²) in [7, 11) is 0. The fourth-order valence-corrected chi connectivity index (χ4v) is 11.8. The number of aryl methyl sites for hydroxylation is 2. The van der Waals surface area contributed by atoms with E-state index in [2.05, 4.69) is 36.7 Å². The van der Waals surface area contributed by atoms with Crippen LogP contribution in [0.3, 0.4) is 0 Å². The van der Waals surface area contributed by atoms with E-state index >= 15 is 0 Å². The molecule has 2 nitrogen and oxygen atoms in total. The van der Waals surface area contributed by atoms with E-state index < -0.39 is 0 Å². The summed E-state index contributed by atoms with van der Waals surface area (Å²) in [4.78, 5) is 4.89. The molecule has 5 heteroatoms. The fourth-order valence-electron chi connectivity index (χ4n) is 8.54. The van der Waals surface area contributed by atoms with Gasteiger partial charge in [-0.15, -0.1) is 34.0 Å². The topological polar surface area (TPSA) is 52.0 Å². The van der Waals surface area contributed by atoms with E-state index in [9.17, 15) is 0 Å². The predicted octanol–water partition coefficient (Wildman–Crippen LogP) is 19.5. The minimum Gasteiger partial charge on any atom is -0.396 e. The molecule has 0 amide bonds. The third kappa shape index (κ3) is 23.3. The molecule has 0 bridgehead atoms. The van der Waals surface area contributed by atoms with Gasteiger partial charge in [-0.2, -0.15) is 0 Å². The summed E-state index contributed by atoms with van der Waals surface area (Å²) in [5, 5.41) is 4.70. The molecule has 3 aromatic rings. The molecule has 0 aliphatic carbocycles. The van der Waals surface area contributed by atoms with Crippen molar-refractivity contribution in [1.29, 1.82) is 0 Å². The summed E-state index contributed by atoms with van der Waals surface area (Å²) in [5.41, 5.74) is 17.8. The highest BCUT2D eigenvalue weighted by Gasteiger charge is 2.19. The Morgan fingerprint density at radius 3 is 0.807 bits per heavy atom. The van der Waals surface area contributed by atoms with Crippen molar-refractivity contribution in [1.82, 2.24) is 0 Å². The van der Waals surface area contributed by atoms with Crippen LogP contribution in [-0.2, 0) is 12.8 Å². The van der Waals surface area contributed by atoms with Gasteiger partial charge in [-0.05, 0) is 59.7 Å². The van der Waals surface area contributed by atoms with Crippen LogP contribution in [0.2, 0.25) is 0 Å². The maximum Gasteiger partial charge on any atom is 0.0752 e. The first-order chi connectivity index (χ1) is 28.1. The van der Waals surface area contributed by atoms with Gasteiger partial charge in [0.1, 0.15) is 0 Å². The maximum atomic E-state index is 6.64. The van der Waals surface area contributed by atoms with Crippen LogP contribution in [0.15, 0.2) is 22.9 Å². The van der Waals surface area contributed by atoms with E-state index in [0.29, 0.717) is 0 Å². The minimum absolute atomic E-state index is 0.773. The second-order valence-corrected chi connectivity index (χ2v) is 20.6. The Kier molecular flexibility index (Phi) is 30.2. The first kappa shape index (κ1) is 50.1. The molecule has 3 aromatic heterocycles. The Balaban J connectivity index is 1.18. The SMILES string of the molecule is CCCCCCCCCCCCCCCCCCCCc1csc(-c2sc(-c3cc(CCCCCCCCCCCCCCCCCCCC)cs3)c(N)c2N)c1. The molecule has 0 saturated carbocycles. The molecule has 3 rings (SSSR count). The average Bonchev–Trinajstić information content (AvgIpc) is 3.96. The largest absolute Gasteiger partial charge is 0.396 e. The number of thiophene rings is 3. The maximum absolute atomic E-state index is 6.64. The van der Waals surface area contributed by atoms with Gasteiger partial charge in [-0.3, -0.25) is 0 Å². The summed E-state index contributed by atoms with van der Waals surface area (Å²) in [5.74, 6) is 0. The molecule has 3 heterocycles. The van der Waals surface area contributed by atoms with Crippen molar-refractivity contribution in [2.24, 2.45) is 0 Å². The van der Waals surface area contributed by atoms with Crippen LogP contribution in [-0.4, -0.2) is 0 Å². The Hall–Kier alpha value is -1.30. The van der Waals surface area contributed by atoms with Crippen LogP contribution in [0.1, 0.15) is 256 Å². The lowest BCUT2D eigenvalue weighted by molar-refractivity contribution is 0.525. The highest BCUT2D eigenvalue weighted by Crippen LogP contribution is 2.49. The molecular weight excluding hydrogens is 749 g/mol. The van der Waals surface area contributed by atoms with Crippen molar-refractivity contribution in [2.75, 3.05) is 11.5 Å². The van der Waals surface area contributed by atoms with E-state index in [-0.39, 0.29) is 0 Å². The van der Waals surface area contributed by atoms with Gasteiger partial charge in [0, 0.05) is 9.75 Å². The van der Waals surface area contributed by atoms with Gasteiger partial charge in [-0.25, -0.2) is 0 Å². The summed E-state index contributed by atoms with van der Waals surface area (Å²) in [6.07, 6.45) is 53.7. The van der Waals surface area contributed by atoms with Gasteiger partial charge in [0.15, 0.2) is 0 Å². The standard InChI is InChI=1S/C52H90N2S3/c1-3-5-7-9-11-13-15-17-19-21-23-25-27-29-31-33-35-37-39-45-41-47(55-43-45)51-49(53)50(54)52(57-51)48-42-46(44-56-48)40-38-36-34-32-30-28-26-24-22-20-18-16-14-12-10-8-6-4-2/h41-44H,3-40,53-54H2,1-2H3. The number of anilines is 2. The first-order valence-electron chi connectivity index (χ1n) is 25.0. The molecule has 0 aromatic carbocycles. The third-order valence-electron chi connectivity index (χ3n) is 12.4. The van der Waals surface area contributed by atoms with Gasteiger partial charge in [-0.1, -0.05) is 232 Å². The molecule has 57 heavy (non-hydrogen) atoms. The number of nitrogens with two attached hydrogens (primary N) is 2. The van der Waals surface area contributed by atoms with Crippen LogP contribution >= 0.6 is 34.0 Å². The second kappa shape index (κ2) is 34.4. The van der Waals surface area contributed by atoms with Crippen molar-refractivity contribution in [3.8, 4) is 19.5 Å².